The van der Waals surface area contributed by atoms with Crippen LogP contribution >= 0.6 is 11.6 Å². The van der Waals surface area contributed by atoms with E-state index in [2.05, 4.69) is 20.6 Å². The number of rotatable bonds is 7. The van der Waals surface area contributed by atoms with E-state index in [0.717, 1.165) is 5.56 Å². The molecule has 0 aliphatic rings. The summed E-state index contributed by atoms with van der Waals surface area (Å²) in [7, 11) is -4.76. The molecule has 0 bridgehead atoms. The summed E-state index contributed by atoms with van der Waals surface area (Å²) in [5, 5.41) is 11.2. The molecule has 1 amide bonds. The van der Waals surface area contributed by atoms with Crippen LogP contribution in [0.1, 0.15) is 39.3 Å². The van der Waals surface area contributed by atoms with Crippen molar-refractivity contribution in [3.8, 4) is 0 Å². The Bertz CT molecular complexity index is 1110. The quantitative estimate of drug-likeness (QED) is 0.143. The predicted octanol–water partition coefficient (Wildman–Crippen LogP) is 0.599. The first-order chi connectivity index (χ1) is 14.5. The number of hydrogen-bond donors (Lipinski definition) is 6. The Morgan fingerprint density at radius 3 is 2.35 bits per heavy atom. The Labute approximate surface area is 182 Å². The molecule has 0 radical (unpaired) electrons. The first-order valence-electron chi connectivity index (χ1n) is 8.82. The van der Waals surface area contributed by atoms with Crippen molar-refractivity contribution < 1.29 is 22.6 Å². The number of nitrogen functional groups attached to an aromatic ring is 2. The summed E-state index contributed by atoms with van der Waals surface area (Å²) in [6, 6.07) is 5.84. The van der Waals surface area contributed by atoms with Crippen molar-refractivity contribution in [2.24, 2.45) is 0 Å². The average molecular weight is 470 g/mol. The maximum Gasteiger partial charge on any atom is 0.333 e. The molecule has 0 aliphatic carbocycles. The number of guanidine groups is 1. The van der Waals surface area contributed by atoms with Gasteiger partial charge in [-0.2, -0.15) is 8.42 Å². The van der Waals surface area contributed by atoms with Gasteiger partial charge >= 0.3 is 15.2 Å². The van der Waals surface area contributed by atoms with Crippen LogP contribution in [0.25, 0.3) is 0 Å². The van der Waals surface area contributed by atoms with E-state index < -0.39 is 21.1 Å². The Morgan fingerprint density at radius 2 is 1.74 bits per heavy atom. The fraction of sp³-hybridized carbons (Fsp3) is 0.235. The van der Waals surface area contributed by atoms with Crippen LogP contribution in [0, 0.1) is 5.41 Å². The summed E-state index contributed by atoms with van der Waals surface area (Å²) in [4.78, 5) is 31.0. The highest BCUT2D eigenvalue weighted by Crippen LogP contribution is 2.17. The van der Waals surface area contributed by atoms with E-state index in [0.29, 0.717) is 25.8 Å². The molecule has 0 saturated heterocycles. The first kappa shape index (κ1) is 24.0. The summed E-state index contributed by atoms with van der Waals surface area (Å²) in [6.45, 7) is 0.391. The second-order valence-corrected chi connectivity index (χ2v) is 7.98. The Balaban J connectivity index is 1.74. The minimum Gasteiger partial charge on any atom is -0.382 e. The van der Waals surface area contributed by atoms with Crippen LogP contribution in [-0.4, -0.2) is 46.5 Å². The van der Waals surface area contributed by atoms with E-state index in [-0.39, 0.29) is 34.0 Å². The van der Waals surface area contributed by atoms with Crippen molar-refractivity contribution in [1.82, 2.24) is 20.6 Å². The monoisotopic (exact) mass is 469 g/mol. The molecule has 2 aromatic rings. The molecule has 2 rings (SSSR count). The molecule has 0 fully saturated rings. The number of halogens is 1. The molecule has 1 heterocycles. The molecule has 31 heavy (non-hydrogen) atoms. The lowest BCUT2D eigenvalue weighted by atomic mass is 10.1. The SMILES string of the molecule is N=C(NCCCCc1ccc(C(=O)S(=O)(=O)O)cc1)NC(=O)c1nc(Cl)c(N)nc1N. The lowest BCUT2D eigenvalue weighted by molar-refractivity contribution is 0.0971. The summed E-state index contributed by atoms with van der Waals surface area (Å²) in [5.41, 5.74) is 11.5. The average Bonchev–Trinajstić information content (AvgIpc) is 2.69. The largest absolute Gasteiger partial charge is 0.382 e. The molecule has 0 aliphatic heterocycles. The summed E-state index contributed by atoms with van der Waals surface area (Å²) in [6.07, 6.45) is 2.00. The van der Waals surface area contributed by atoms with Crippen LogP contribution in [0.4, 0.5) is 11.6 Å². The molecule has 0 spiro atoms. The zero-order chi connectivity index (χ0) is 23.2. The molecule has 14 heteroatoms. The minimum atomic E-state index is -4.76. The number of carbonyl (C=O) groups excluding carboxylic acids is 2. The van der Waals surface area contributed by atoms with Gasteiger partial charge in [-0.1, -0.05) is 23.7 Å². The molecule has 1 aromatic carbocycles. The fourth-order valence-corrected chi connectivity index (χ4v) is 3.01. The fourth-order valence-electron chi connectivity index (χ4n) is 2.45. The highest BCUT2D eigenvalue weighted by Gasteiger charge is 2.20. The van der Waals surface area contributed by atoms with Crippen LogP contribution in [0.3, 0.4) is 0 Å². The van der Waals surface area contributed by atoms with E-state index >= 15 is 0 Å². The second kappa shape index (κ2) is 10.1. The van der Waals surface area contributed by atoms with Gasteiger partial charge in [0.25, 0.3) is 5.91 Å². The van der Waals surface area contributed by atoms with Gasteiger partial charge in [0.1, 0.15) is 0 Å². The van der Waals surface area contributed by atoms with Crippen LogP contribution < -0.4 is 22.1 Å². The van der Waals surface area contributed by atoms with Crippen molar-refractivity contribution in [3.63, 3.8) is 0 Å². The number of hydrogen-bond acceptors (Lipinski definition) is 9. The third-order valence-electron chi connectivity index (χ3n) is 3.98. The van der Waals surface area contributed by atoms with E-state index in [9.17, 15) is 18.0 Å². The third-order valence-corrected chi connectivity index (χ3v) is 4.96. The van der Waals surface area contributed by atoms with Gasteiger partial charge in [0.15, 0.2) is 28.4 Å². The van der Waals surface area contributed by atoms with Crippen molar-refractivity contribution in [3.05, 3.63) is 46.2 Å². The number of unbranched alkanes of at least 4 members (excludes halogenated alkanes) is 1. The van der Waals surface area contributed by atoms with Gasteiger partial charge < -0.3 is 16.8 Å². The zero-order valence-electron chi connectivity index (χ0n) is 16.1. The molecule has 1 aromatic heterocycles. The van der Waals surface area contributed by atoms with Gasteiger partial charge in [0.2, 0.25) is 0 Å². The zero-order valence-corrected chi connectivity index (χ0v) is 17.6. The number of amides is 1. The number of nitrogens with zero attached hydrogens (tertiary/aromatic N) is 2. The molecule has 0 atom stereocenters. The summed E-state index contributed by atoms with van der Waals surface area (Å²) in [5.74, 6) is -1.34. The Kier molecular flexibility index (Phi) is 7.85. The first-order valence-corrected chi connectivity index (χ1v) is 10.6. The van der Waals surface area contributed by atoms with Gasteiger partial charge in [-0.05, 0) is 37.0 Å². The summed E-state index contributed by atoms with van der Waals surface area (Å²) >= 11 is 5.72. The lowest BCUT2D eigenvalue weighted by Crippen LogP contribution is -2.41. The van der Waals surface area contributed by atoms with Gasteiger partial charge in [0, 0.05) is 12.1 Å². The van der Waals surface area contributed by atoms with Crippen molar-refractivity contribution >= 4 is 50.3 Å². The predicted molar refractivity (Wildman–Crippen MR) is 114 cm³/mol. The van der Waals surface area contributed by atoms with Crippen LogP contribution in [0.2, 0.25) is 5.15 Å². The van der Waals surface area contributed by atoms with Crippen LogP contribution in [-0.2, 0) is 16.5 Å². The second-order valence-electron chi connectivity index (χ2n) is 6.31. The Morgan fingerprint density at radius 1 is 1.10 bits per heavy atom. The number of nitrogens with one attached hydrogen (secondary N) is 3. The van der Waals surface area contributed by atoms with Gasteiger partial charge in [-0.3, -0.25) is 24.9 Å². The number of benzene rings is 1. The van der Waals surface area contributed by atoms with E-state index in [1.54, 1.807) is 12.1 Å². The standard InChI is InChI=1S/C17H20ClN7O5S/c18-12-14(20)24-13(19)11(23-12)15(26)25-17(21)22-8-2-1-3-9-4-6-10(7-5-9)16(27)31(28,29)30/h4-7H,1-3,8H2,(H4,19,20,24)(H,28,29,30)(H3,21,22,25,26). The molecule has 8 N–H and O–H groups in total. The number of anilines is 2. The maximum atomic E-state index is 12.1. The maximum absolute atomic E-state index is 12.1. The number of nitrogens with two attached hydrogens (primary N) is 2. The Hall–Kier alpha value is -3.29. The summed E-state index contributed by atoms with van der Waals surface area (Å²) < 4.78 is 30.4. The van der Waals surface area contributed by atoms with Crippen LogP contribution in [0.15, 0.2) is 24.3 Å². The van der Waals surface area contributed by atoms with Crippen LogP contribution in [0.5, 0.6) is 0 Å². The molecule has 0 unspecified atom stereocenters. The van der Waals surface area contributed by atoms with E-state index in [1.165, 1.54) is 12.1 Å². The number of carbonyl (C=O) groups is 2. The highest BCUT2D eigenvalue weighted by molar-refractivity contribution is 8.01. The van der Waals surface area contributed by atoms with Crippen molar-refractivity contribution in [2.75, 3.05) is 18.0 Å². The van der Waals surface area contributed by atoms with E-state index in [4.69, 9.17) is 33.0 Å². The minimum absolute atomic E-state index is 0.108. The number of aryl methyl sites for hydroxylation is 1. The smallest absolute Gasteiger partial charge is 0.333 e. The molecule has 0 saturated carbocycles. The van der Waals surface area contributed by atoms with E-state index in [1.807, 2.05) is 0 Å². The van der Waals surface area contributed by atoms with Gasteiger partial charge in [0.05, 0.1) is 0 Å². The van der Waals surface area contributed by atoms with Gasteiger partial charge in [-0.15, -0.1) is 0 Å². The van der Waals surface area contributed by atoms with Gasteiger partial charge in [-0.25, -0.2) is 9.97 Å². The topological polar surface area (TPSA) is 214 Å². The van der Waals surface area contributed by atoms with Crippen molar-refractivity contribution in [2.45, 2.75) is 19.3 Å². The third kappa shape index (κ3) is 6.87. The number of aromatic nitrogens is 2. The highest BCUT2D eigenvalue weighted by atomic mass is 35.5. The molecular formula is C17H20ClN7O5S. The lowest BCUT2D eigenvalue weighted by Gasteiger charge is -2.10. The van der Waals surface area contributed by atoms with Crippen molar-refractivity contribution in [1.29, 1.82) is 5.41 Å². The molecule has 12 nitrogen and oxygen atoms in total. The molecular weight excluding hydrogens is 450 g/mol. The normalized spacial score (nSPS) is 11.0. The molecule has 166 valence electrons.